The Morgan fingerprint density at radius 3 is 2.55 bits per heavy atom. The van der Waals surface area contributed by atoms with Gasteiger partial charge in [-0.1, -0.05) is 35.3 Å². The van der Waals surface area contributed by atoms with Gasteiger partial charge in [0.25, 0.3) is 5.56 Å². The zero-order valence-corrected chi connectivity index (χ0v) is 20.6. The number of benzene rings is 2. The molecular weight excluding hydrogens is 477 g/mol. The Morgan fingerprint density at radius 1 is 1.03 bits per heavy atom. The first-order valence-electron chi connectivity index (χ1n) is 10.4. The van der Waals surface area contributed by atoms with Gasteiger partial charge in [0.2, 0.25) is 0 Å². The van der Waals surface area contributed by atoms with Crippen molar-refractivity contribution in [2.45, 2.75) is 19.4 Å². The summed E-state index contributed by atoms with van der Waals surface area (Å²) in [5.41, 5.74) is 4.76. The topological polar surface area (TPSA) is 60.1 Å². The van der Waals surface area contributed by atoms with Gasteiger partial charge >= 0.3 is 0 Å². The average molecular weight is 498 g/mol. The third-order valence-electron chi connectivity index (χ3n) is 5.89. The minimum Gasteiger partial charge on any atom is -0.393 e. The molecule has 0 bridgehead atoms. The van der Waals surface area contributed by atoms with E-state index in [1.54, 1.807) is 48.1 Å². The molecule has 0 aliphatic carbocycles. The second-order valence-electron chi connectivity index (χ2n) is 8.25. The van der Waals surface area contributed by atoms with E-state index in [1.165, 1.54) is 0 Å². The lowest BCUT2D eigenvalue weighted by molar-refractivity contribution is 0.195. The lowest BCUT2D eigenvalue weighted by Crippen LogP contribution is -2.20. The molecule has 0 aliphatic heterocycles. The van der Waals surface area contributed by atoms with E-state index in [1.807, 2.05) is 29.1 Å². The van der Waals surface area contributed by atoms with Crippen LogP contribution in [0.2, 0.25) is 10.0 Å². The number of aryl methyl sites for hydroxylation is 2. The van der Waals surface area contributed by atoms with Crippen molar-refractivity contribution in [3.05, 3.63) is 73.3 Å². The molecule has 0 spiro atoms. The number of thiazole rings is 1. The Hall–Kier alpha value is -2.64. The van der Waals surface area contributed by atoms with Crippen molar-refractivity contribution in [3.8, 4) is 22.4 Å². The molecule has 0 fully saturated rings. The number of aromatic nitrogens is 3. The average Bonchev–Trinajstić information content (AvgIpc) is 3.33. The first-order valence-corrected chi connectivity index (χ1v) is 12.1. The quantitative estimate of drug-likeness (QED) is 0.328. The third-order valence-corrected chi connectivity index (χ3v) is 7.31. The summed E-state index contributed by atoms with van der Waals surface area (Å²) in [5, 5.41) is 15.5. The van der Waals surface area contributed by atoms with Crippen molar-refractivity contribution in [1.82, 2.24) is 14.1 Å². The molecule has 1 unspecified atom stereocenters. The molecule has 0 saturated carbocycles. The van der Waals surface area contributed by atoms with Crippen molar-refractivity contribution >= 4 is 56.5 Å². The van der Waals surface area contributed by atoms with Crippen LogP contribution >= 0.6 is 34.5 Å². The number of hydrogen-bond donors (Lipinski definition) is 1. The number of fused-ring (bicyclic) bond motifs is 3. The van der Waals surface area contributed by atoms with E-state index in [9.17, 15) is 9.90 Å². The third kappa shape index (κ3) is 3.77. The fourth-order valence-electron chi connectivity index (χ4n) is 4.34. The van der Waals surface area contributed by atoms with Crippen molar-refractivity contribution in [1.29, 1.82) is 0 Å². The summed E-state index contributed by atoms with van der Waals surface area (Å²) in [6.07, 6.45) is 0.109. The molecule has 1 atom stereocenters. The second-order valence-corrected chi connectivity index (χ2v) is 10.0. The summed E-state index contributed by atoms with van der Waals surface area (Å²) >= 11 is 14.1. The summed E-state index contributed by atoms with van der Waals surface area (Å²) in [5.74, 6) is 0. The molecule has 5 nitrogen and oxygen atoms in total. The fourth-order valence-corrected chi connectivity index (χ4v) is 5.78. The highest BCUT2D eigenvalue weighted by atomic mass is 35.5. The summed E-state index contributed by atoms with van der Waals surface area (Å²) in [6.45, 7) is 1.76. The molecule has 0 saturated heterocycles. The SMILES string of the molecule is CC(O)Cc1nc(-c2ccc3c(c2)c2cc(-c4ccc(Cl)cc4Cl)c(=O)n(C)c2n3C)cs1. The van der Waals surface area contributed by atoms with E-state index >= 15 is 0 Å². The summed E-state index contributed by atoms with van der Waals surface area (Å²) in [7, 11) is 3.74. The van der Waals surface area contributed by atoms with Gasteiger partial charge in [-0.3, -0.25) is 9.36 Å². The van der Waals surface area contributed by atoms with Crippen molar-refractivity contribution < 1.29 is 5.11 Å². The molecule has 1 N–H and O–H groups in total. The molecule has 168 valence electrons. The van der Waals surface area contributed by atoms with Crippen LogP contribution in [-0.4, -0.2) is 25.3 Å². The van der Waals surface area contributed by atoms with Gasteiger partial charge in [-0.05, 0) is 37.3 Å². The number of pyridine rings is 1. The normalized spacial score (nSPS) is 12.7. The number of aliphatic hydroxyl groups is 1. The van der Waals surface area contributed by atoms with Gasteiger partial charge in [0.1, 0.15) is 5.65 Å². The number of hydrogen-bond acceptors (Lipinski definition) is 4. The van der Waals surface area contributed by atoms with Crippen LogP contribution in [0.5, 0.6) is 0 Å². The number of halogens is 2. The Bertz CT molecular complexity index is 1600. The Labute approximate surface area is 204 Å². The molecule has 0 aliphatic rings. The molecule has 33 heavy (non-hydrogen) atoms. The molecule has 2 aromatic carbocycles. The largest absolute Gasteiger partial charge is 0.393 e. The lowest BCUT2D eigenvalue weighted by atomic mass is 10.0. The van der Waals surface area contributed by atoms with Gasteiger partial charge in [0, 0.05) is 58.4 Å². The first kappa shape index (κ1) is 22.2. The lowest BCUT2D eigenvalue weighted by Gasteiger charge is -2.09. The highest BCUT2D eigenvalue weighted by Crippen LogP contribution is 2.35. The highest BCUT2D eigenvalue weighted by Gasteiger charge is 2.18. The van der Waals surface area contributed by atoms with Gasteiger partial charge in [-0.25, -0.2) is 4.98 Å². The van der Waals surface area contributed by atoms with Crippen LogP contribution in [-0.2, 0) is 20.5 Å². The number of aliphatic hydroxyl groups excluding tert-OH is 1. The van der Waals surface area contributed by atoms with E-state index in [4.69, 9.17) is 28.2 Å². The number of rotatable bonds is 4. The van der Waals surface area contributed by atoms with Gasteiger partial charge in [0.05, 0.1) is 27.3 Å². The molecule has 0 radical (unpaired) electrons. The molecule has 3 aromatic heterocycles. The molecule has 5 rings (SSSR count). The van der Waals surface area contributed by atoms with Crippen LogP contribution in [0, 0.1) is 0 Å². The zero-order chi connectivity index (χ0) is 23.4. The minimum atomic E-state index is -0.427. The van der Waals surface area contributed by atoms with Crippen molar-refractivity contribution in [2.75, 3.05) is 0 Å². The molecule has 0 amide bonds. The van der Waals surface area contributed by atoms with E-state index in [0.29, 0.717) is 27.6 Å². The van der Waals surface area contributed by atoms with Gasteiger partial charge in [-0.15, -0.1) is 11.3 Å². The van der Waals surface area contributed by atoms with Crippen LogP contribution < -0.4 is 5.56 Å². The van der Waals surface area contributed by atoms with E-state index < -0.39 is 6.10 Å². The highest BCUT2D eigenvalue weighted by molar-refractivity contribution is 7.09. The van der Waals surface area contributed by atoms with E-state index in [2.05, 4.69) is 12.1 Å². The van der Waals surface area contributed by atoms with Crippen LogP contribution in [0.3, 0.4) is 0 Å². The monoisotopic (exact) mass is 497 g/mol. The maximum atomic E-state index is 13.3. The molecule has 3 heterocycles. The first-order chi connectivity index (χ1) is 15.7. The molecule has 8 heteroatoms. The Morgan fingerprint density at radius 2 is 1.82 bits per heavy atom. The van der Waals surface area contributed by atoms with Gasteiger partial charge in [-0.2, -0.15) is 0 Å². The smallest absolute Gasteiger partial charge is 0.259 e. The predicted molar refractivity (Wildman–Crippen MR) is 138 cm³/mol. The summed E-state index contributed by atoms with van der Waals surface area (Å²) in [6, 6.07) is 13.3. The van der Waals surface area contributed by atoms with Crippen LogP contribution in [0.1, 0.15) is 11.9 Å². The van der Waals surface area contributed by atoms with Crippen LogP contribution in [0.15, 0.2) is 52.6 Å². The van der Waals surface area contributed by atoms with E-state index in [0.717, 1.165) is 38.2 Å². The fraction of sp³-hybridized carbons (Fsp3) is 0.200. The Kier molecular flexibility index (Phi) is 5.57. The second kappa shape index (κ2) is 8.29. The molecule has 5 aromatic rings. The minimum absolute atomic E-state index is 0.125. The number of nitrogens with zero attached hydrogens (tertiary/aromatic N) is 3. The molecular formula is C25H21Cl2N3O2S. The van der Waals surface area contributed by atoms with Crippen molar-refractivity contribution in [3.63, 3.8) is 0 Å². The predicted octanol–water partition coefficient (Wildman–Crippen LogP) is 6.05. The van der Waals surface area contributed by atoms with Crippen molar-refractivity contribution in [2.24, 2.45) is 14.1 Å². The van der Waals surface area contributed by atoms with E-state index in [-0.39, 0.29) is 5.56 Å². The Balaban J connectivity index is 1.75. The maximum absolute atomic E-state index is 13.3. The van der Waals surface area contributed by atoms with Gasteiger partial charge < -0.3 is 9.67 Å². The maximum Gasteiger partial charge on any atom is 0.259 e. The summed E-state index contributed by atoms with van der Waals surface area (Å²) < 4.78 is 3.70. The van der Waals surface area contributed by atoms with Gasteiger partial charge in [0.15, 0.2) is 0 Å². The zero-order valence-electron chi connectivity index (χ0n) is 18.3. The van der Waals surface area contributed by atoms with Crippen LogP contribution in [0.25, 0.3) is 44.3 Å². The standard InChI is InChI=1S/C25H21Cl2N3O2S/c1-13(31)8-23-28-21(12-33-23)14-4-7-22-17(9-14)18-11-19(16-6-5-15(26)10-20(16)27)25(32)30(3)24(18)29(22)2/h4-7,9-13,31H,8H2,1-3H3. The van der Waals surface area contributed by atoms with Crippen LogP contribution in [0.4, 0.5) is 0 Å². The summed E-state index contributed by atoms with van der Waals surface area (Å²) in [4.78, 5) is 18.0.